The van der Waals surface area contributed by atoms with Gasteiger partial charge in [0.25, 0.3) is 5.91 Å². The summed E-state index contributed by atoms with van der Waals surface area (Å²) >= 11 is 6.04. The van der Waals surface area contributed by atoms with Crippen LogP contribution in [0.15, 0.2) is 42.5 Å². The predicted molar refractivity (Wildman–Crippen MR) is 92.5 cm³/mol. The van der Waals surface area contributed by atoms with Crippen molar-refractivity contribution in [1.29, 1.82) is 0 Å². The molecule has 6 heteroatoms. The number of rotatable bonds is 6. The molecule has 2 aromatic rings. The number of benzene rings is 2. The average molecular weight is 348 g/mol. The van der Waals surface area contributed by atoms with Gasteiger partial charge in [0.15, 0.2) is 6.61 Å². The molecule has 1 amide bonds. The molecule has 0 radical (unpaired) electrons. The van der Waals surface area contributed by atoms with Crippen molar-refractivity contribution in [3.05, 3.63) is 58.6 Å². The topological polar surface area (TPSA) is 64.6 Å². The lowest BCUT2D eigenvalue weighted by Crippen LogP contribution is -2.22. The molecular formula is C18H18ClNO4. The van der Waals surface area contributed by atoms with Crippen LogP contribution in [-0.2, 0) is 20.7 Å². The van der Waals surface area contributed by atoms with Crippen LogP contribution in [-0.4, -0.2) is 25.6 Å². The van der Waals surface area contributed by atoms with E-state index in [1.54, 1.807) is 30.3 Å². The molecule has 0 heterocycles. The Morgan fingerprint density at radius 2 is 1.88 bits per heavy atom. The first-order valence-corrected chi connectivity index (χ1v) is 7.71. The average Bonchev–Trinajstić information content (AvgIpc) is 2.57. The molecule has 24 heavy (non-hydrogen) atoms. The Morgan fingerprint density at radius 1 is 1.12 bits per heavy atom. The second-order valence-electron chi connectivity index (χ2n) is 5.13. The van der Waals surface area contributed by atoms with Crippen LogP contribution in [0.5, 0.6) is 5.75 Å². The zero-order chi connectivity index (χ0) is 17.5. The van der Waals surface area contributed by atoms with Crippen molar-refractivity contribution in [2.75, 3.05) is 19.0 Å². The third kappa shape index (κ3) is 4.73. The summed E-state index contributed by atoms with van der Waals surface area (Å²) in [6, 6.07) is 12.4. The number of carbonyl (C=O) groups is 2. The van der Waals surface area contributed by atoms with Gasteiger partial charge in [0.1, 0.15) is 5.75 Å². The van der Waals surface area contributed by atoms with Crippen molar-refractivity contribution in [3.8, 4) is 5.75 Å². The summed E-state index contributed by atoms with van der Waals surface area (Å²) in [6.07, 6.45) is 0.0302. The second kappa shape index (κ2) is 8.36. The Bertz CT molecular complexity index is 725. The summed E-state index contributed by atoms with van der Waals surface area (Å²) < 4.78 is 10.2. The largest absolute Gasteiger partial charge is 0.496 e. The maximum absolute atomic E-state index is 11.9. The van der Waals surface area contributed by atoms with Gasteiger partial charge in [-0.2, -0.15) is 0 Å². The molecule has 0 aliphatic carbocycles. The van der Waals surface area contributed by atoms with E-state index in [9.17, 15) is 9.59 Å². The smallest absolute Gasteiger partial charge is 0.310 e. The summed E-state index contributed by atoms with van der Waals surface area (Å²) in [5.41, 5.74) is 2.05. The number of carbonyl (C=O) groups excluding carboxylic acids is 2. The number of esters is 1. The number of methoxy groups -OCH3 is 1. The Hall–Kier alpha value is -2.53. The fourth-order valence-corrected chi connectivity index (χ4v) is 2.44. The summed E-state index contributed by atoms with van der Waals surface area (Å²) in [4.78, 5) is 23.8. The van der Waals surface area contributed by atoms with E-state index < -0.39 is 11.9 Å². The SMILES string of the molecule is COc1ccccc1CC(=O)OCC(=O)Nc1c(C)cccc1Cl. The van der Waals surface area contributed by atoms with Gasteiger partial charge < -0.3 is 14.8 Å². The van der Waals surface area contributed by atoms with Crippen LogP contribution in [0, 0.1) is 6.92 Å². The molecule has 0 spiro atoms. The van der Waals surface area contributed by atoms with Gasteiger partial charge in [-0.3, -0.25) is 9.59 Å². The van der Waals surface area contributed by atoms with Crippen LogP contribution in [0.4, 0.5) is 5.69 Å². The van der Waals surface area contributed by atoms with Gasteiger partial charge in [0.05, 0.1) is 24.2 Å². The molecule has 0 saturated carbocycles. The Kier molecular flexibility index (Phi) is 6.21. The third-order valence-electron chi connectivity index (χ3n) is 3.38. The molecule has 0 bridgehead atoms. The van der Waals surface area contributed by atoms with E-state index in [4.69, 9.17) is 21.1 Å². The van der Waals surface area contributed by atoms with E-state index in [0.717, 1.165) is 5.56 Å². The predicted octanol–water partition coefficient (Wildman–Crippen LogP) is 3.38. The van der Waals surface area contributed by atoms with Gasteiger partial charge in [0.2, 0.25) is 0 Å². The van der Waals surface area contributed by atoms with Gasteiger partial charge in [-0.05, 0) is 24.6 Å². The number of hydrogen-bond donors (Lipinski definition) is 1. The summed E-state index contributed by atoms with van der Waals surface area (Å²) in [5.74, 6) is -0.351. The van der Waals surface area contributed by atoms with Gasteiger partial charge in [-0.15, -0.1) is 0 Å². The molecule has 1 N–H and O–H groups in total. The molecule has 0 aliphatic rings. The number of anilines is 1. The lowest BCUT2D eigenvalue weighted by Gasteiger charge is -2.11. The first kappa shape index (κ1) is 17.8. The van der Waals surface area contributed by atoms with Crippen LogP contribution in [0.1, 0.15) is 11.1 Å². The number of ether oxygens (including phenoxy) is 2. The van der Waals surface area contributed by atoms with Crippen molar-refractivity contribution < 1.29 is 19.1 Å². The molecular weight excluding hydrogens is 330 g/mol. The number of nitrogens with one attached hydrogen (secondary N) is 1. The van der Waals surface area contributed by atoms with E-state index in [1.807, 2.05) is 19.1 Å². The lowest BCUT2D eigenvalue weighted by molar-refractivity contribution is -0.146. The number of para-hydroxylation sites is 2. The Balaban J connectivity index is 1.88. The maximum atomic E-state index is 11.9. The van der Waals surface area contributed by atoms with Crippen LogP contribution in [0.25, 0.3) is 0 Å². The van der Waals surface area contributed by atoms with Gasteiger partial charge in [-0.25, -0.2) is 0 Å². The standard InChI is InChI=1S/C18H18ClNO4/c1-12-6-5-8-14(19)18(12)20-16(21)11-24-17(22)10-13-7-3-4-9-15(13)23-2/h3-9H,10-11H2,1-2H3,(H,20,21). The van der Waals surface area contributed by atoms with E-state index in [-0.39, 0.29) is 13.0 Å². The van der Waals surface area contributed by atoms with Gasteiger partial charge in [-0.1, -0.05) is 41.9 Å². The number of aryl methyl sites for hydroxylation is 1. The molecule has 0 aliphatic heterocycles. The minimum atomic E-state index is -0.509. The van der Waals surface area contributed by atoms with E-state index in [2.05, 4.69) is 5.32 Å². The molecule has 0 aromatic heterocycles. The molecule has 0 fully saturated rings. The van der Waals surface area contributed by atoms with E-state index >= 15 is 0 Å². The summed E-state index contributed by atoms with van der Waals surface area (Å²) in [6.45, 7) is 1.45. The minimum absolute atomic E-state index is 0.0302. The van der Waals surface area contributed by atoms with Crippen molar-refractivity contribution >= 4 is 29.2 Å². The zero-order valence-corrected chi connectivity index (χ0v) is 14.2. The highest BCUT2D eigenvalue weighted by molar-refractivity contribution is 6.33. The number of amides is 1. The van der Waals surface area contributed by atoms with Crippen molar-refractivity contribution in [2.45, 2.75) is 13.3 Å². The van der Waals surface area contributed by atoms with Crippen molar-refractivity contribution in [2.24, 2.45) is 0 Å². The quantitative estimate of drug-likeness (QED) is 0.813. The van der Waals surface area contributed by atoms with Crippen molar-refractivity contribution in [1.82, 2.24) is 0 Å². The molecule has 5 nitrogen and oxygen atoms in total. The molecule has 0 saturated heterocycles. The molecule has 2 rings (SSSR count). The van der Waals surface area contributed by atoms with Gasteiger partial charge >= 0.3 is 5.97 Å². The van der Waals surface area contributed by atoms with E-state index in [1.165, 1.54) is 7.11 Å². The number of hydrogen-bond acceptors (Lipinski definition) is 4. The van der Waals surface area contributed by atoms with E-state index in [0.29, 0.717) is 22.0 Å². The lowest BCUT2D eigenvalue weighted by atomic mass is 10.1. The first-order chi connectivity index (χ1) is 11.5. The highest BCUT2D eigenvalue weighted by Gasteiger charge is 2.13. The van der Waals surface area contributed by atoms with Crippen LogP contribution < -0.4 is 10.1 Å². The van der Waals surface area contributed by atoms with Gasteiger partial charge in [0, 0.05) is 5.56 Å². The zero-order valence-electron chi connectivity index (χ0n) is 13.5. The molecule has 0 atom stereocenters. The highest BCUT2D eigenvalue weighted by Crippen LogP contribution is 2.25. The maximum Gasteiger partial charge on any atom is 0.310 e. The summed E-state index contributed by atoms with van der Waals surface area (Å²) in [5, 5.41) is 3.08. The first-order valence-electron chi connectivity index (χ1n) is 7.33. The second-order valence-corrected chi connectivity index (χ2v) is 5.54. The highest BCUT2D eigenvalue weighted by atomic mass is 35.5. The van der Waals surface area contributed by atoms with Crippen molar-refractivity contribution in [3.63, 3.8) is 0 Å². The third-order valence-corrected chi connectivity index (χ3v) is 3.69. The van der Waals surface area contributed by atoms with Crippen LogP contribution in [0.3, 0.4) is 0 Å². The summed E-state index contributed by atoms with van der Waals surface area (Å²) in [7, 11) is 1.53. The number of halogens is 1. The minimum Gasteiger partial charge on any atom is -0.496 e. The molecule has 126 valence electrons. The molecule has 0 unspecified atom stereocenters. The Labute approximate surface area is 145 Å². The molecule has 2 aromatic carbocycles. The monoisotopic (exact) mass is 347 g/mol. The fraction of sp³-hybridized carbons (Fsp3) is 0.222. The van der Waals surface area contributed by atoms with Crippen LogP contribution >= 0.6 is 11.6 Å². The normalized spacial score (nSPS) is 10.1. The fourth-order valence-electron chi connectivity index (χ4n) is 2.17. The van der Waals surface area contributed by atoms with Crippen LogP contribution in [0.2, 0.25) is 5.02 Å². The Morgan fingerprint density at radius 3 is 2.58 bits per heavy atom.